The van der Waals surface area contributed by atoms with Crippen LogP contribution < -0.4 is 5.73 Å². The fourth-order valence-corrected chi connectivity index (χ4v) is 3.52. The van der Waals surface area contributed by atoms with Crippen LogP contribution >= 0.6 is 11.3 Å². The number of benzene rings is 2. The van der Waals surface area contributed by atoms with Gasteiger partial charge in [-0.25, -0.2) is 9.67 Å². The number of hydrogen-bond acceptors (Lipinski definition) is 5. The number of primary amides is 1. The first-order valence-electron chi connectivity index (χ1n) is 8.49. The Labute approximate surface area is 165 Å². The van der Waals surface area contributed by atoms with E-state index in [1.54, 1.807) is 23.2 Å². The van der Waals surface area contributed by atoms with Gasteiger partial charge in [-0.1, -0.05) is 36.1 Å². The van der Waals surface area contributed by atoms with Crippen LogP contribution in [0.2, 0.25) is 0 Å². The third-order valence-corrected chi connectivity index (χ3v) is 5.19. The summed E-state index contributed by atoms with van der Waals surface area (Å²) < 4.78 is 1.67. The number of carbonyl (C=O) groups excluding carboxylic acids is 1. The first-order chi connectivity index (χ1) is 13.5. The summed E-state index contributed by atoms with van der Waals surface area (Å²) in [6, 6.07) is 14.8. The van der Waals surface area contributed by atoms with Gasteiger partial charge in [-0.3, -0.25) is 4.79 Å². The summed E-state index contributed by atoms with van der Waals surface area (Å²) in [6.45, 7) is 1.61. The molecule has 0 saturated carbocycles. The van der Waals surface area contributed by atoms with Crippen molar-refractivity contribution in [2.45, 2.75) is 12.5 Å². The second kappa shape index (κ2) is 6.93. The molecule has 1 atom stereocenters. The average molecular weight is 388 g/mol. The maximum Gasteiger partial charge on any atom is 0.269 e. The minimum Gasteiger partial charge on any atom is -0.371 e. The normalized spacial score (nSPS) is 12.9. The first-order valence-corrected chi connectivity index (χ1v) is 9.37. The van der Waals surface area contributed by atoms with Crippen molar-refractivity contribution in [3.05, 3.63) is 76.4 Å². The van der Waals surface area contributed by atoms with E-state index in [1.807, 2.05) is 48.5 Å². The molecule has 2 heterocycles. The quantitative estimate of drug-likeness (QED) is 0.528. The number of rotatable bonds is 3. The molecular weight excluding hydrogens is 372 g/mol. The van der Waals surface area contributed by atoms with Gasteiger partial charge in [-0.05, 0) is 31.2 Å². The van der Waals surface area contributed by atoms with E-state index in [9.17, 15) is 9.90 Å². The Morgan fingerprint density at radius 2 is 2.07 bits per heavy atom. The third-order valence-electron chi connectivity index (χ3n) is 4.21. The molecule has 1 amide bonds. The van der Waals surface area contributed by atoms with Crippen LogP contribution in [0.3, 0.4) is 0 Å². The summed E-state index contributed by atoms with van der Waals surface area (Å²) in [5, 5.41) is 18.0. The summed E-state index contributed by atoms with van der Waals surface area (Å²) in [7, 11) is 0. The summed E-state index contributed by atoms with van der Waals surface area (Å²) in [5.74, 6) is 5.28. The molecule has 28 heavy (non-hydrogen) atoms. The third kappa shape index (κ3) is 3.27. The Bertz CT molecular complexity index is 1230. The zero-order valence-electron chi connectivity index (χ0n) is 15.0. The molecule has 2 aromatic heterocycles. The number of carbonyl (C=O) groups is 1. The molecule has 6 nitrogen and oxygen atoms in total. The molecular formula is C21H16N4O2S. The number of para-hydroxylation sites is 1. The van der Waals surface area contributed by atoms with Crippen LogP contribution in [0.5, 0.6) is 0 Å². The van der Waals surface area contributed by atoms with Crippen LogP contribution in [0, 0.1) is 11.8 Å². The molecule has 2 aromatic carbocycles. The van der Waals surface area contributed by atoms with Crippen molar-refractivity contribution in [3.8, 4) is 17.5 Å². The number of nitrogens with zero attached hydrogens (tertiary/aromatic N) is 3. The molecule has 0 aliphatic rings. The zero-order chi connectivity index (χ0) is 19.7. The molecule has 7 heteroatoms. The van der Waals surface area contributed by atoms with E-state index in [0.717, 1.165) is 11.2 Å². The summed E-state index contributed by atoms with van der Waals surface area (Å²) in [6.07, 6.45) is 1.63. The van der Waals surface area contributed by atoms with Crippen LogP contribution in [0.1, 0.15) is 28.0 Å². The number of amides is 1. The second-order valence-electron chi connectivity index (χ2n) is 6.35. The first kappa shape index (κ1) is 17.9. The van der Waals surface area contributed by atoms with Crippen LogP contribution in [0.15, 0.2) is 60.1 Å². The molecule has 0 bridgehead atoms. The predicted molar refractivity (Wildman–Crippen MR) is 108 cm³/mol. The van der Waals surface area contributed by atoms with Crippen molar-refractivity contribution >= 4 is 28.1 Å². The fraction of sp³-hybridized carbons (Fsp3) is 0.0952. The predicted octanol–water partition coefficient (Wildman–Crippen LogP) is 2.84. The average Bonchev–Trinajstić information content (AvgIpc) is 3.35. The maximum atomic E-state index is 11.7. The van der Waals surface area contributed by atoms with Gasteiger partial charge >= 0.3 is 0 Å². The minimum atomic E-state index is -1.33. The van der Waals surface area contributed by atoms with Gasteiger partial charge < -0.3 is 10.8 Å². The van der Waals surface area contributed by atoms with Crippen molar-refractivity contribution in [1.29, 1.82) is 0 Å². The molecule has 4 aromatic rings. The lowest BCUT2D eigenvalue weighted by atomic mass is 10.1. The number of hydrogen-bond donors (Lipinski definition) is 2. The highest BCUT2D eigenvalue weighted by Gasteiger charge is 2.22. The van der Waals surface area contributed by atoms with Crippen LogP contribution in [0.4, 0.5) is 0 Å². The molecule has 0 spiro atoms. The number of fused-ring (bicyclic) bond motifs is 1. The highest BCUT2D eigenvalue weighted by atomic mass is 32.1. The van der Waals surface area contributed by atoms with Crippen LogP contribution in [-0.2, 0) is 5.60 Å². The van der Waals surface area contributed by atoms with Gasteiger partial charge in [0.05, 0.1) is 11.2 Å². The van der Waals surface area contributed by atoms with Gasteiger partial charge in [0.15, 0.2) is 11.3 Å². The van der Waals surface area contributed by atoms with E-state index in [4.69, 9.17) is 5.73 Å². The number of nitrogens with two attached hydrogens (primary N) is 1. The van der Waals surface area contributed by atoms with E-state index in [2.05, 4.69) is 21.9 Å². The topological polar surface area (TPSA) is 94.0 Å². The van der Waals surface area contributed by atoms with Crippen molar-refractivity contribution in [2.24, 2.45) is 5.73 Å². The molecule has 3 N–H and O–H groups in total. The monoisotopic (exact) mass is 388 g/mol. The van der Waals surface area contributed by atoms with Gasteiger partial charge in [0.1, 0.15) is 5.01 Å². The molecule has 0 fully saturated rings. The summed E-state index contributed by atoms with van der Waals surface area (Å²) in [5.41, 5.74) is 6.58. The Kier molecular flexibility index (Phi) is 4.43. The SMILES string of the molecule is CC(O)(C#Cc1cccc(-n2nc(C(N)=O)c3ccccc32)c1)c1nccs1. The molecule has 0 saturated heterocycles. The Hall–Kier alpha value is -3.47. The van der Waals surface area contributed by atoms with E-state index >= 15 is 0 Å². The zero-order valence-corrected chi connectivity index (χ0v) is 15.8. The van der Waals surface area contributed by atoms with Gasteiger partial charge in [0, 0.05) is 22.5 Å². The lowest BCUT2D eigenvalue weighted by Crippen LogP contribution is -2.17. The summed E-state index contributed by atoms with van der Waals surface area (Å²) >= 11 is 1.35. The summed E-state index contributed by atoms with van der Waals surface area (Å²) in [4.78, 5) is 15.9. The lowest BCUT2D eigenvalue weighted by Gasteiger charge is -2.12. The molecule has 0 aliphatic carbocycles. The minimum absolute atomic E-state index is 0.221. The number of aliphatic hydroxyl groups is 1. The Balaban J connectivity index is 1.76. The Morgan fingerprint density at radius 1 is 1.25 bits per heavy atom. The smallest absolute Gasteiger partial charge is 0.269 e. The highest BCUT2D eigenvalue weighted by Crippen LogP contribution is 2.23. The second-order valence-corrected chi connectivity index (χ2v) is 7.25. The molecule has 4 rings (SSSR count). The van der Waals surface area contributed by atoms with E-state index < -0.39 is 11.5 Å². The van der Waals surface area contributed by atoms with Crippen molar-refractivity contribution in [1.82, 2.24) is 14.8 Å². The van der Waals surface area contributed by atoms with Crippen molar-refractivity contribution in [2.75, 3.05) is 0 Å². The fourth-order valence-electron chi connectivity index (χ4n) is 2.87. The largest absolute Gasteiger partial charge is 0.371 e. The van der Waals surface area contributed by atoms with E-state index in [0.29, 0.717) is 16.0 Å². The van der Waals surface area contributed by atoms with E-state index in [1.165, 1.54) is 11.3 Å². The van der Waals surface area contributed by atoms with Gasteiger partial charge in [-0.2, -0.15) is 5.10 Å². The lowest BCUT2D eigenvalue weighted by molar-refractivity contribution is 0.0996. The molecule has 0 aliphatic heterocycles. The maximum absolute atomic E-state index is 11.7. The number of aromatic nitrogens is 3. The highest BCUT2D eigenvalue weighted by molar-refractivity contribution is 7.09. The Morgan fingerprint density at radius 3 is 2.82 bits per heavy atom. The van der Waals surface area contributed by atoms with Gasteiger partial charge in [0.2, 0.25) is 0 Å². The van der Waals surface area contributed by atoms with Crippen LogP contribution in [-0.4, -0.2) is 25.8 Å². The van der Waals surface area contributed by atoms with Gasteiger partial charge in [-0.15, -0.1) is 11.3 Å². The number of thiazole rings is 1. The van der Waals surface area contributed by atoms with E-state index in [-0.39, 0.29) is 5.69 Å². The molecule has 1 unspecified atom stereocenters. The van der Waals surface area contributed by atoms with Crippen molar-refractivity contribution in [3.63, 3.8) is 0 Å². The van der Waals surface area contributed by atoms with Crippen molar-refractivity contribution < 1.29 is 9.90 Å². The van der Waals surface area contributed by atoms with Crippen LogP contribution in [0.25, 0.3) is 16.6 Å². The van der Waals surface area contributed by atoms with Gasteiger partial charge in [0.25, 0.3) is 5.91 Å². The molecule has 0 radical (unpaired) electrons. The standard InChI is InChI=1S/C21H16N4O2S/c1-21(27,20-23-11-12-28-20)10-9-14-5-4-6-15(13-14)25-17-8-3-2-7-16(17)18(24-25)19(22)26/h2-8,11-13,27H,1H3,(H2,22,26). The molecule has 138 valence electrons.